The number of nitrogens with zero attached hydrogens (tertiary/aromatic N) is 2. The van der Waals surface area contributed by atoms with Crippen molar-refractivity contribution in [2.45, 2.75) is 40.2 Å². The van der Waals surface area contributed by atoms with Crippen molar-refractivity contribution < 1.29 is 4.79 Å². The van der Waals surface area contributed by atoms with Crippen LogP contribution in [0.15, 0.2) is 17.1 Å². The third-order valence-electron chi connectivity index (χ3n) is 3.67. The van der Waals surface area contributed by atoms with Crippen molar-refractivity contribution in [1.82, 2.24) is 4.57 Å². The van der Waals surface area contributed by atoms with E-state index < -0.39 is 0 Å². The second-order valence-corrected chi connectivity index (χ2v) is 6.21. The summed E-state index contributed by atoms with van der Waals surface area (Å²) in [5, 5.41) is 0. The molecule has 0 aliphatic heterocycles. The molecular weight excluding hydrogens is 256 g/mol. The number of aromatic nitrogens is 1. The molecule has 3 rings (SSSR count). The molecule has 0 bridgehead atoms. The molecule has 0 saturated heterocycles. The number of carbonyl (C=O) groups is 1. The zero-order chi connectivity index (χ0) is 13.6. The van der Waals surface area contributed by atoms with Crippen molar-refractivity contribution >= 4 is 27.5 Å². The minimum absolute atomic E-state index is 0.0593. The van der Waals surface area contributed by atoms with Crippen molar-refractivity contribution in [2.24, 2.45) is 10.9 Å². The number of hydrogen-bond donors (Lipinski definition) is 0. The largest absolute Gasteiger partial charge is 0.316 e. The summed E-state index contributed by atoms with van der Waals surface area (Å²) in [7, 11) is 0. The molecule has 1 aliphatic rings. The molecule has 1 aromatic heterocycles. The van der Waals surface area contributed by atoms with Crippen LogP contribution in [0.25, 0.3) is 10.2 Å². The summed E-state index contributed by atoms with van der Waals surface area (Å²) in [5.74, 6) is 0.252. The highest BCUT2D eigenvalue weighted by molar-refractivity contribution is 7.16. The molecule has 1 amide bonds. The third-order valence-corrected chi connectivity index (χ3v) is 4.89. The lowest BCUT2D eigenvalue weighted by molar-refractivity contribution is -0.119. The highest BCUT2D eigenvalue weighted by Crippen LogP contribution is 2.30. The summed E-state index contributed by atoms with van der Waals surface area (Å²) in [4.78, 5) is 17.1. The first-order valence-electron chi connectivity index (χ1n) is 6.80. The Morgan fingerprint density at radius 2 is 2.05 bits per heavy atom. The summed E-state index contributed by atoms with van der Waals surface area (Å²) in [6.45, 7) is 7.19. The first-order valence-corrected chi connectivity index (χ1v) is 7.61. The molecule has 4 heteroatoms. The highest BCUT2D eigenvalue weighted by atomic mass is 32.1. The van der Waals surface area contributed by atoms with Gasteiger partial charge in [-0.2, -0.15) is 4.99 Å². The SMILES string of the molecule is CCn1c(=NC(=O)C2CC2)sc2c(C)ccc(C)c21. The molecule has 1 aliphatic carbocycles. The van der Waals surface area contributed by atoms with Gasteiger partial charge in [0.15, 0.2) is 4.80 Å². The Kier molecular flexibility index (Phi) is 3.05. The third kappa shape index (κ3) is 2.14. The van der Waals surface area contributed by atoms with Gasteiger partial charge in [0.05, 0.1) is 10.2 Å². The van der Waals surface area contributed by atoms with E-state index in [4.69, 9.17) is 0 Å². The lowest BCUT2D eigenvalue weighted by Gasteiger charge is -2.04. The Balaban J connectivity index is 2.27. The molecule has 100 valence electrons. The van der Waals surface area contributed by atoms with Crippen LogP contribution in [0.5, 0.6) is 0 Å². The maximum Gasteiger partial charge on any atom is 0.251 e. The van der Waals surface area contributed by atoms with E-state index in [0.29, 0.717) is 0 Å². The van der Waals surface area contributed by atoms with Crippen molar-refractivity contribution in [3.05, 3.63) is 28.1 Å². The zero-order valence-corrected chi connectivity index (χ0v) is 12.4. The summed E-state index contributed by atoms with van der Waals surface area (Å²) in [6.07, 6.45) is 2.02. The molecule has 0 N–H and O–H groups in total. The maximum atomic E-state index is 11.9. The van der Waals surface area contributed by atoms with Gasteiger partial charge < -0.3 is 4.57 Å². The van der Waals surface area contributed by atoms with E-state index in [1.54, 1.807) is 11.3 Å². The van der Waals surface area contributed by atoms with Gasteiger partial charge in [-0.05, 0) is 44.7 Å². The molecule has 0 unspecified atom stereocenters. The molecule has 0 atom stereocenters. The van der Waals surface area contributed by atoms with Gasteiger partial charge >= 0.3 is 0 Å². The van der Waals surface area contributed by atoms with E-state index in [1.807, 2.05) is 0 Å². The maximum absolute atomic E-state index is 11.9. The molecule has 0 spiro atoms. The topological polar surface area (TPSA) is 34.4 Å². The molecule has 1 fully saturated rings. The van der Waals surface area contributed by atoms with E-state index >= 15 is 0 Å². The smallest absolute Gasteiger partial charge is 0.251 e. The quantitative estimate of drug-likeness (QED) is 0.828. The number of hydrogen-bond acceptors (Lipinski definition) is 2. The van der Waals surface area contributed by atoms with Crippen LogP contribution in [0.2, 0.25) is 0 Å². The zero-order valence-electron chi connectivity index (χ0n) is 11.6. The fraction of sp³-hybridized carbons (Fsp3) is 0.467. The first-order chi connectivity index (χ1) is 9.11. The van der Waals surface area contributed by atoms with Crippen LogP contribution in [-0.2, 0) is 11.3 Å². The van der Waals surface area contributed by atoms with Gasteiger partial charge in [-0.25, -0.2) is 0 Å². The highest BCUT2D eigenvalue weighted by Gasteiger charge is 2.29. The van der Waals surface area contributed by atoms with Crippen LogP contribution in [0.4, 0.5) is 0 Å². The fourth-order valence-electron chi connectivity index (χ4n) is 2.37. The van der Waals surface area contributed by atoms with Crippen molar-refractivity contribution in [3.63, 3.8) is 0 Å². The van der Waals surface area contributed by atoms with Crippen molar-refractivity contribution in [2.75, 3.05) is 0 Å². The van der Waals surface area contributed by atoms with Crippen LogP contribution in [0.3, 0.4) is 0 Å². The van der Waals surface area contributed by atoms with Crippen LogP contribution in [0, 0.1) is 19.8 Å². The molecule has 1 saturated carbocycles. The monoisotopic (exact) mass is 274 g/mol. The van der Waals surface area contributed by atoms with Gasteiger partial charge in [0.25, 0.3) is 5.91 Å². The number of amides is 1. The van der Waals surface area contributed by atoms with E-state index in [-0.39, 0.29) is 11.8 Å². The van der Waals surface area contributed by atoms with Crippen molar-refractivity contribution in [1.29, 1.82) is 0 Å². The molecule has 0 radical (unpaired) electrons. The normalized spacial score (nSPS) is 16.3. The average molecular weight is 274 g/mol. The van der Waals surface area contributed by atoms with Gasteiger partial charge in [0, 0.05) is 12.5 Å². The van der Waals surface area contributed by atoms with E-state index in [1.165, 1.54) is 21.3 Å². The lowest BCUT2D eigenvalue weighted by Crippen LogP contribution is -2.16. The number of thiazole rings is 1. The molecule has 2 aromatic rings. The number of aryl methyl sites for hydroxylation is 3. The minimum atomic E-state index is 0.0593. The van der Waals surface area contributed by atoms with Gasteiger partial charge in [-0.15, -0.1) is 0 Å². The van der Waals surface area contributed by atoms with Gasteiger partial charge in [-0.1, -0.05) is 23.5 Å². The standard InChI is InChI=1S/C15H18N2OS/c1-4-17-12-9(2)5-6-10(3)13(12)19-15(17)16-14(18)11-7-8-11/h5-6,11H,4,7-8H2,1-3H3. The van der Waals surface area contributed by atoms with Crippen LogP contribution in [0.1, 0.15) is 30.9 Å². The second kappa shape index (κ2) is 4.60. The van der Waals surface area contributed by atoms with Crippen molar-refractivity contribution in [3.8, 4) is 0 Å². The summed E-state index contributed by atoms with van der Waals surface area (Å²) in [6, 6.07) is 4.28. The lowest BCUT2D eigenvalue weighted by atomic mass is 10.1. The Morgan fingerprint density at radius 1 is 1.37 bits per heavy atom. The number of fused-ring (bicyclic) bond motifs is 1. The summed E-state index contributed by atoms with van der Waals surface area (Å²) >= 11 is 1.64. The number of rotatable bonds is 2. The fourth-order valence-corrected chi connectivity index (χ4v) is 3.61. The summed E-state index contributed by atoms with van der Waals surface area (Å²) in [5.41, 5.74) is 3.74. The Morgan fingerprint density at radius 3 is 2.68 bits per heavy atom. The predicted molar refractivity (Wildman–Crippen MR) is 78.3 cm³/mol. The molecule has 19 heavy (non-hydrogen) atoms. The minimum Gasteiger partial charge on any atom is -0.316 e. The predicted octanol–water partition coefficient (Wildman–Crippen LogP) is 3.18. The Hall–Kier alpha value is -1.42. The molecule has 1 aromatic carbocycles. The number of carbonyl (C=O) groups excluding carboxylic acids is 1. The Labute approximate surface area is 116 Å². The summed E-state index contributed by atoms with van der Waals surface area (Å²) < 4.78 is 3.42. The van der Waals surface area contributed by atoms with E-state index in [2.05, 4.69) is 42.5 Å². The Bertz CT molecular complexity index is 720. The molecule has 3 nitrogen and oxygen atoms in total. The molecular formula is C15H18N2OS. The average Bonchev–Trinajstić information content (AvgIpc) is 3.16. The van der Waals surface area contributed by atoms with Crippen LogP contribution >= 0.6 is 11.3 Å². The van der Waals surface area contributed by atoms with E-state index in [9.17, 15) is 4.79 Å². The van der Waals surface area contributed by atoms with E-state index in [0.717, 1.165) is 24.2 Å². The second-order valence-electron chi connectivity index (χ2n) is 5.23. The van der Waals surface area contributed by atoms with Crippen LogP contribution in [-0.4, -0.2) is 10.5 Å². The molecule has 1 heterocycles. The first kappa shape index (κ1) is 12.6. The van der Waals surface area contributed by atoms with Crippen LogP contribution < -0.4 is 4.80 Å². The number of benzene rings is 1. The van der Waals surface area contributed by atoms with Gasteiger partial charge in [0.2, 0.25) is 0 Å². The van der Waals surface area contributed by atoms with Gasteiger partial charge in [0.1, 0.15) is 0 Å². The van der Waals surface area contributed by atoms with Gasteiger partial charge in [-0.3, -0.25) is 4.79 Å².